The summed E-state index contributed by atoms with van der Waals surface area (Å²) in [5, 5.41) is 0. The molecule has 0 aliphatic heterocycles. The minimum atomic E-state index is -3.42. The predicted molar refractivity (Wildman–Crippen MR) is 100.0 cm³/mol. The fourth-order valence-corrected chi connectivity index (χ4v) is 3.33. The molecule has 0 radical (unpaired) electrons. The maximum Gasteiger partial charge on any atom is 0.206 e. The summed E-state index contributed by atoms with van der Waals surface area (Å²) in [5.74, 6) is 0. The second-order valence-corrected chi connectivity index (χ2v) is 6.95. The molecule has 23 heavy (non-hydrogen) atoms. The van der Waals surface area contributed by atoms with E-state index in [1.165, 1.54) is 0 Å². The SMILES string of the molecule is CC.CC.Cc1ccc(S(=O)(=O)c2ccc(C)c(C)c2)cc1C. The van der Waals surface area contributed by atoms with Gasteiger partial charge in [0.25, 0.3) is 0 Å². The molecule has 0 fully saturated rings. The third-order valence-corrected chi connectivity index (χ3v) is 5.33. The molecule has 0 saturated heterocycles. The van der Waals surface area contributed by atoms with E-state index >= 15 is 0 Å². The van der Waals surface area contributed by atoms with Crippen molar-refractivity contribution in [1.29, 1.82) is 0 Å². The lowest BCUT2D eigenvalue weighted by Gasteiger charge is -2.09. The number of benzene rings is 2. The van der Waals surface area contributed by atoms with Crippen LogP contribution in [0.3, 0.4) is 0 Å². The maximum atomic E-state index is 12.6. The number of hydrogen-bond donors (Lipinski definition) is 0. The first-order valence-corrected chi connectivity index (χ1v) is 9.70. The smallest absolute Gasteiger partial charge is 0.206 e. The third-order valence-electron chi connectivity index (χ3n) is 3.58. The summed E-state index contributed by atoms with van der Waals surface area (Å²) >= 11 is 0. The first-order valence-electron chi connectivity index (χ1n) is 8.22. The highest BCUT2D eigenvalue weighted by Gasteiger charge is 2.18. The molecule has 0 heterocycles. The molecule has 0 atom stereocenters. The van der Waals surface area contributed by atoms with Gasteiger partial charge in [-0.1, -0.05) is 39.8 Å². The van der Waals surface area contributed by atoms with Crippen molar-refractivity contribution in [3.63, 3.8) is 0 Å². The molecule has 128 valence electrons. The van der Waals surface area contributed by atoms with E-state index in [1.54, 1.807) is 24.3 Å². The van der Waals surface area contributed by atoms with Crippen LogP contribution in [-0.4, -0.2) is 8.42 Å². The van der Waals surface area contributed by atoms with Gasteiger partial charge in [-0.3, -0.25) is 0 Å². The largest absolute Gasteiger partial charge is 0.219 e. The fourth-order valence-electron chi connectivity index (χ4n) is 1.90. The van der Waals surface area contributed by atoms with Crippen molar-refractivity contribution < 1.29 is 8.42 Å². The molecular formula is C20H30O2S. The van der Waals surface area contributed by atoms with Crippen LogP contribution in [0, 0.1) is 27.7 Å². The average molecular weight is 335 g/mol. The summed E-state index contributed by atoms with van der Waals surface area (Å²) in [5.41, 5.74) is 4.17. The topological polar surface area (TPSA) is 34.1 Å². The van der Waals surface area contributed by atoms with E-state index in [0.717, 1.165) is 22.3 Å². The van der Waals surface area contributed by atoms with Crippen molar-refractivity contribution >= 4 is 9.84 Å². The minimum Gasteiger partial charge on any atom is -0.219 e. The number of aryl methyl sites for hydroxylation is 4. The highest BCUT2D eigenvalue weighted by Crippen LogP contribution is 2.24. The highest BCUT2D eigenvalue weighted by molar-refractivity contribution is 7.91. The second kappa shape index (κ2) is 9.51. The lowest BCUT2D eigenvalue weighted by atomic mass is 10.1. The van der Waals surface area contributed by atoms with Crippen molar-refractivity contribution in [1.82, 2.24) is 0 Å². The lowest BCUT2D eigenvalue weighted by Crippen LogP contribution is -2.03. The van der Waals surface area contributed by atoms with Crippen molar-refractivity contribution in [3.8, 4) is 0 Å². The van der Waals surface area contributed by atoms with Gasteiger partial charge in [0.2, 0.25) is 9.84 Å². The van der Waals surface area contributed by atoms with Gasteiger partial charge in [-0.15, -0.1) is 0 Å². The van der Waals surface area contributed by atoms with Gasteiger partial charge in [0, 0.05) is 0 Å². The molecule has 2 nitrogen and oxygen atoms in total. The van der Waals surface area contributed by atoms with Gasteiger partial charge in [0.05, 0.1) is 9.79 Å². The molecule has 0 aromatic heterocycles. The second-order valence-electron chi connectivity index (χ2n) is 5.00. The Morgan fingerprint density at radius 3 is 1.13 bits per heavy atom. The van der Waals surface area contributed by atoms with Crippen LogP contribution < -0.4 is 0 Å². The summed E-state index contributed by atoms with van der Waals surface area (Å²) in [4.78, 5) is 0.720. The van der Waals surface area contributed by atoms with Gasteiger partial charge >= 0.3 is 0 Å². The lowest BCUT2D eigenvalue weighted by molar-refractivity contribution is 0.596. The van der Waals surface area contributed by atoms with Crippen molar-refractivity contribution in [2.75, 3.05) is 0 Å². The van der Waals surface area contributed by atoms with Gasteiger partial charge in [-0.2, -0.15) is 0 Å². The molecule has 0 aliphatic rings. The summed E-state index contributed by atoms with van der Waals surface area (Å²) < 4.78 is 25.1. The Hall–Kier alpha value is -1.61. The van der Waals surface area contributed by atoms with Gasteiger partial charge < -0.3 is 0 Å². The molecule has 3 heteroatoms. The molecule has 0 N–H and O–H groups in total. The van der Waals surface area contributed by atoms with Crippen LogP contribution in [0.5, 0.6) is 0 Å². The third kappa shape index (κ3) is 5.21. The van der Waals surface area contributed by atoms with Crippen LogP contribution in [0.1, 0.15) is 49.9 Å². The highest BCUT2D eigenvalue weighted by atomic mass is 32.2. The molecule has 0 saturated carbocycles. The molecule has 2 aromatic carbocycles. The van der Waals surface area contributed by atoms with Gasteiger partial charge in [-0.05, 0) is 74.2 Å². The quantitative estimate of drug-likeness (QED) is 0.695. The average Bonchev–Trinajstić information content (AvgIpc) is 2.56. The number of sulfone groups is 1. The molecule has 0 bridgehead atoms. The van der Waals surface area contributed by atoms with Crippen LogP contribution in [0.25, 0.3) is 0 Å². The minimum absolute atomic E-state index is 0.360. The van der Waals surface area contributed by atoms with Crippen LogP contribution in [0.15, 0.2) is 46.2 Å². The zero-order chi connectivity index (χ0) is 18.2. The van der Waals surface area contributed by atoms with Crippen LogP contribution in [0.2, 0.25) is 0 Å². The molecule has 0 spiro atoms. The molecule has 0 amide bonds. The normalized spacial score (nSPS) is 10.1. The molecule has 0 aliphatic carbocycles. The Morgan fingerprint density at radius 1 is 0.565 bits per heavy atom. The van der Waals surface area contributed by atoms with E-state index in [1.807, 2.05) is 67.5 Å². The van der Waals surface area contributed by atoms with Gasteiger partial charge in [0.15, 0.2) is 0 Å². The Balaban J connectivity index is 0.00000112. The van der Waals surface area contributed by atoms with Crippen LogP contribution in [0.4, 0.5) is 0 Å². The summed E-state index contributed by atoms with van der Waals surface area (Å²) in [7, 11) is -3.42. The summed E-state index contributed by atoms with van der Waals surface area (Å²) in [6.45, 7) is 15.8. The Bertz CT molecular complexity index is 672. The zero-order valence-electron chi connectivity index (χ0n) is 15.7. The molecule has 0 unspecified atom stereocenters. The van der Waals surface area contributed by atoms with Crippen molar-refractivity contribution in [2.45, 2.75) is 65.2 Å². The molecule has 2 aromatic rings. The van der Waals surface area contributed by atoms with Crippen molar-refractivity contribution in [3.05, 3.63) is 58.7 Å². The van der Waals surface area contributed by atoms with E-state index in [4.69, 9.17) is 0 Å². The van der Waals surface area contributed by atoms with E-state index in [-0.39, 0.29) is 0 Å². The standard InChI is InChI=1S/C16H18O2S.2C2H6/c1-11-5-7-15(9-13(11)3)19(17,18)16-8-6-12(2)14(4)10-16;2*1-2/h5-10H,1-4H3;2*1-2H3. The summed E-state index contributed by atoms with van der Waals surface area (Å²) in [6.07, 6.45) is 0. The van der Waals surface area contributed by atoms with Gasteiger partial charge in [0.1, 0.15) is 0 Å². The zero-order valence-corrected chi connectivity index (χ0v) is 16.5. The predicted octanol–water partition coefficient (Wildman–Crippen LogP) is 5.81. The van der Waals surface area contributed by atoms with Crippen molar-refractivity contribution in [2.24, 2.45) is 0 Å². The van der Waals surface area contributed by atoms with Crippen LogP contribution in [-0.2, 0) is 9.84 Å². The molecule has 2 rings (SSSR count). The number of hydrogen-bond acceptors (Lipinski definition) is 2. The first kappa shape index (κ1) is 21.4. The van der Waals surface area contributed by atoms with E-state index in [2.05, 4.69) is 0 Å². The summed E-state index contributed by atoms with van der Waals surface area (Å²) in [6, 6.07) is 10.5. The van der Waals surface area contributed by atoms with E-state index in [0.29, 0.717) is 9.79 Å². The Morgan fingerprint density at radius 2 is 0.870 bits per heavy atom. The maximum absolute atomic E-state index is 12.6. The Kier molecular flexibility index (Phi) is 8.85. The first-order chi connectivity index (χ1) is 10.8. The van der Waals surface area contributed by atoms with Gasteiger partial charge in [-0.25, -0.2) is 8.42 Å². The van der Waals surface area contributed by atoms with Crippen LogP contribution >= 0.6 is 0 Å². The number of rotatable bonds is 2. The Labute approximate surface area is 142 Å². The fraction of sp³-hybridized carbons (Fsp3) is 0.400. The monoisotopic (exact) mass is 334 g/mol. The van der Waals surface area contributed by atoms with E-state index < -0.39 is 9.84 Å². The molecular weight excluding hydrogens is 304 g/mol. The van der Waals surface area contributed by atoms with E-state index in [9.17, 15) is 8.42 Å².